The van der Waals surface area contributed by atoms with Crippen LogP contribution < -0.4 is 4.74 Å². The minimum atomic E-state index is -3.17. The molecule has 184 valence electrons. The van der Waals surface area contributed by atoms with Crippen molar-refractivity contribution in [2.75, 3.05) is 26.4 Å². The summed E-state index contributed by atoms with van der Waals surface area (Å²) in [6.07, 6.45) is 4.29. The van der Waals surface area contributed by atoms with Crippen molar-refractivity contribution >= 4 is 32.9 Å². The molecular formula is C27H31N3O4S. The van der Waals surface area contributed by atoms with Crippen LogP contribution in [0.1, 0.15) is 59.4 Å². The molecular weight excluding hydrogens is 462 g/mol. The van der Waals surface area contributed by atoms with Crippen LogP contribution in [-0.4, -0.2) is 61.8 Å². The molecule has 0 saturated carbocycles. The molecule has 2 aromatic carbocycles. The lowest BCUT2D eigenvalue weighted by molar-refractivity contribution is 0.103. The van der Waals surface area contributed by atoms with Crippen molar-refractivity contribution in [1.82, 2.24) is 8.87 Å². The summed E-state index contributed by atoms with van der Waals surface area (Å²) in [5.41, 5.74) is 5.01. The zero-order valence-corrected chi connectivity index (χ0v) is 21.6. The molecule has 0 spiro atoms. The fourth-order valence-corrected chi connectivity index (χ4v) is 6.57. The van der Waals surface area contributed by atoms with Gasteiger partial charge in [-0.25, -0.2) is 12.7 Å². The molecule has 0 bridgehead atoms. The summed E-state index contributed by atoms with van der Waals surface area (Å²) in [7, 11) is 0.591. The van der Waals surface area contributed by atoms with E-state index >= 15 is 0 Å². The van der Waals surface area contributed by atoms with Gasteiger partial charge in [-0.05, 0) is 48.2 Å². The molecule has 0 amide bonds. The lowest BCUT2D eigenvalue weighted by Gasteiger charge is -2.34. The van der Waals surface area contributed by atoms with Crippen LogP contribution in [0.15, 0.2) is 41.4 Å². The summed E-state index contributed by atoms with van der Waals surface area (Å²) < 4.78 is 33.5. The first-order valence-corrected chi connectivity index (χ1v) is 13.7. The first-order valence-electron chi connectivity index (χ1n) is 11.9. The van der Waals surface area contributed by atoms with Gasteiger partial charge in [-0.1, -0.05) is 26.0 Å². The summed E-state index contributed by atoms with van der Waals surface area (Å²) >= 11 is 0. The van der Waals surface area contributed by atoms with Crippen molar-refractivity contribution in [3.05, 3.63) is 64.3 Å². The average molecular weight is 494 g/mol. The fraction of sp³-hybridized carbons (Fsp3) is 0.407. The maximum atomic E-state index is 13.7. The molecule has 5 rings (SSSR count). The van der Waals surface area contributed by atoms with Gasteiger partial charge >= 0.3 is 0 Å². The van der Waals surface area contributed by atoms with Gasteiger partial charge in [0.2, 0.25) is 10.0 Å². The highest BCUT2D eigenvalue weighted by atomic mass is 32.2. The van der Waals surface area contributed by atoms with Gasteiger partial charge < -0.3 is 9.30 Å². The van der Waals surface area contributed by atoms with E-state index in [9.17, 15) is 13.2 Å². The third-order valence-electron chi connectivity index (χ3n) is 7.40. The van der Waals surface area contributed by atoms with E-state index in [1.165, 1.54) is 10.6 Å². The van der Waals surface area contributed by atoms with Gasteiger partial charge in [0, 0.05) is 61.0 Å². The van der Waals surface area contributed by atoms with E-state index in [-0.39, 0.29) is 11.9 Å². The van der Waals surface area contributed by atoms with Gasteiger partial charge in [-0.3, -0.25) is 9.79 Å². The van der Waals surface area contributed by atoms with Crippen LogP contribution in [-0.2, 0) is 22.5 Å². The molecule has 0 atom stereocenters. The van der Waals surface area contributed by atoms with Crippen LogP contribution in [0.25, 0.3) is 10.9 Å². The lowest BCUT2D eigenvalue weighted by Crippen LogP contribution is -2.41. The average Bonchev–Trinajstić information content (AvgIpc) is 3.11. The molecule has 1 aliphatic carbocycles. The molecule has 7 nitrogen and oxygen atoms in total. The molecule has 1 saturated heterocycles. The van der Waals surface area contributed by atoms with Crippen LogP contribution in [0, 0.1) is 0 Å². The Morgan fingerprint density at radius 3 is 2.49 bits per heavy atom. The minimum absolute atomic E-state index is 0.0323. The number of hydrogen-bond acceptors (Lipinski definition) is 5. The summed E-state index contributed by atoms with van der Waals surface area (Å²) in [6, 6.07) is 11.8. The molecule has 1 aliphatic heterocycles. The summed E-state index contributed by atoms with van der Waals surface area (Å²) in [4.78, 5) is 17.8. The van der Waals surface area contributed by atoms with E-state index in [2.05, 4.69) is 29.5 Å². The number of aliphatic imine (C=N–C) groups is 1. The number of piperidine rings is 1. The topological polar surface area (TPSA) is 81.0 Å². The molecule has 2 heterocycles. The first-order chi connectivity index (χ1) is 16.5. The van der Waals surface area contributed by atoms with Crippen molar-refractivity contribution in [3.63, 3.8) is 0 Å². The molecule has 35 heavy (non-hydrogen) atoms. The Hall–Kier alpha value is -2.97. The highest BCUT2D eigenvalue weighted by molar-refractivity contribution is 7.88. The Labute approximate surface area is 206 Å². The summed E-state index contributed by atoms with van der Waals surface area (Å²) in [5, 5.41) is 0.956. The second-order valence-corrected chi connectivity index (χ2v) is 12.1. The van der Waals surface area contributed by atoms with E-state index in [0.717, 1.165) is 33.3 Å². The largest absolute Gasteiger partial charge is 0.490 e. The van der Waals surface area contributed by atoms with Crippen LogP contribution in [0.4, 0.5) is 0 Å². The molecule has 1 aromatic heterocycles. The molecule has 8 heteroatoms. The van der Waals surface area contributed by atoms with E-state index in [1.54, 1.807) is 7.05 Å². The Bertz CT molecular complexity index is 1480. The Balaban J connectivity index is 1.50. The van der Waals surface area contributed by atoms with Gasteiger partial charge in [0.1, 0.15) is 11.9 Å². The zero-order chi connectivity index (χ0) is 25.1. The predicted molar refractivity (Wildman–Crippen MR) is 139 cm³/mol. The summed E-state index contributed by atoms with van der Waals surface area (Å²) in [5.74, 6) is 0.746. The zero-order valence-electron chi connectivity index (χ0n) is 20.8. The molecule has 1 fully saturated rings. The van der Waals surface area contributed by atoms with Crippen molar-refractivity contribution < 1.29 is 17.9 Å². The van der Waals surface area contributed by atoms with E-state index in [0.29, 0.717) is 37.2 Å². The third-order valence-corrected chi connectivity index (χ3v) is 8.71. The Morgan fingerprint density at radius 2 is 1.83 bits per heavy atom. The van der Waals surface area contributed by atoms with Crippen molar-refractivity contribution in [3.8, 4) is 5.75 Å². The quantitative estimate of drug-likeness (QED) is 0.516. The molecule has 0 unspecified atom stereocenters. The predicted octanol–water partition coefficient (Wildman–Crippen LogP) is 3.90. The van der Waals surface area contributed by atoms with Gasteiger partial charge in [0.25, 0.3) is 0 Å². The van der Waals surface area contributed by atoms with Gasteiger partial charge in [0.15, 0.2) is 5.78 Å². The number of hydrogen-bond donors (Lipinski definition) is 0. The van der Waals surface area contributed by atoms with Crippen molar-refractivity contribution in [2.24, 2.45) is 12.0 Å². The maximum Gasteiger partial charge on any atom is 0.211 e. The molecule has 0 N–H and O–H groups in total. The normalized spacial score (nSPS) is 18.7. The van der Waals surface area contributed by atoms with E-state index in [4.69, 9.17) is 4.74 Å². The number of fused-ring (bicyclic) bond motifs is 4. The van der Waals surface area contributed by atoms with Gasteiger partial charge in [-0.15, -0.1) is 0 Å². The first kappa shape index (κ1) is 23.8. The number of sulfonamides is 1. The standard InChI is InChI=1S/C27H31N3O4S/c1-27(2)22-15-19(34-18-10-12-30(13-11-18)35(5,32)33)7-9-20(22)25(31)24-21-8-6-17(16-28-3)14-23(21)29(4)26(24)27/h6-9,14-16,18H,10-13H2,1-5H3. The van der Waals surface area contributed by atoms with Crippen molar-refractivity contribution in [2.45, 2.75) is 38.2 Å². The number of ketones is 1. The highest BCUT2D eigenvalue weighted by Gasteiger charge is 2.41. The van der Waals surface area contributed by atoms with Crippen molar-refractivity contribution in [1.29, 1.82) is 0 Å². The summed E-state index contributed by atoms with van der Waals surface area (Å²) in [6.45, 7) is 5.22. The molecule has 0 radical (unpaired) electrons. The molecule has 2 aliphatic rings. The fourth-order valence-electron chi connectivity index (χ4n) is 5.69. The van der Waals surface area contributed by atoms with Crippen LogP contribution in [0.2, 0.25) is 0 Å². The Morgan fingerprint density at radius 1 is 1.11 bits per heavy atom. The van der Waals surface area contributed by atoms with Gasteiger partial charge in [-0.2, -0.15) is 0 Å². The van der Waals surface area contributed by atoms with E-state index < -0.39 is 15.4 Å². The second kappa shape index (κ2) is 8.31. The monoisotopic (exact) mass is 493 g/mol. The number of ether oxygens (including phenoxy) is 1. The number of nitrogens with zero attached hydrogens (tertiary/aromatic N) is 3. The number of aromatic nitrogens is 1. The SMILES string of the molecule is CN=Cc1ccc2c3c(n(C)c2c1)C(C)(C)c1cc(OC2CCN(S(C)(=O)=O)CC2)ccc1C3=O. The van der Waals surface area contributed by atoms with E-state index in [1.807, 2.05) is 43.6 Å². The number of carbonyl (C=O) groups excluding carboxylic acids is 1. The number of aryl methyl sites for hydroxylation is 1. The molecule has 3 aromatic rings. The smallest absolute Gasteiger partial charge is 0.211 e. The van der Waals surface area contributed by atoms with Crippen LogP contribution >= 0.6 is 0 Å². The third kappa shape index (κ3) is 3.89. The Kier molecular flexibility index (Phi) is 5.64. The van der Waals surface area contributed by atoms with Crippen LogP contribution in [0.5, 0.6) is 5.75 Å². The maximum absolute atomic E-state index is 13.7. The van der Waals surface area contributed by atoms with Gasteiger partial charge in [0.05, 0.1) is 11.8 Å². The van der Waals surface area contributed by atoms with Crippen LogP contribution in [0.3, 0.4) is 0 Å². The highest BCUT2D eigenvalue weighted by Crippen LogP contribution is 2.46. The second-order valence-electron chi connectivity index (χ2n) is 10.1. The lowest BCUT2D eigenvalue weighted by atomic mass is 9.71. The minimum Gasteiger partial charge on any atom is -0.490 e. The number of benzene rings is 2. The number of rotatable bonds is 4. The number of carbonyl (C=O) groups is 1.